The van der Waals surface area contributed by atoms with Gasteiger partial charge in [0, 0.05) is 55.7 Å². The zero-order valence-electron chi connectivity index (χ0n) is 48.4. The van der Waals surface area contributed by atoms with Crippen LogP contribution in [-0.2, 0) is 0 Å². The molecule has 0 saturated heterocycles. The lowest BCUT2D eigenvalue weighted by Gasteiger charge is -2.38. The van der Waals surface area contributed by atoms with E-state index in [0.29, 0.717) is 33.2 Å². The number of hydrogen-bond acceptors (Lipinski definition) is 0. The highest BCUT2D eigenvalue weighted by Crippen LogP contribution is 2.42. The third-order valence-electron chi connectivity index (χ3n) is 15.4. The van der Waals surface area contributed by atoms with E-state index in [1.165, 1.54) is 0 Å². The van der Waals surface area contributed by atoms with Gasteiger partial charge in [-0.3, -0.25) is 0 Å². The average Bonchev–Trinajstić information content (AvgIpc) is 3.37. The van der Waals surface area contributed by atoms with Crippen LogP contribution in [0.2, 0.25) is 33.2 Å². The molecule has 0 saturated carbocycles. The maximum absolute atomic E-state index is 3.88. The summed E-state index contributed by atoms with van der Waals surface area (Å²) < 4.78 is 0. The lowest BCUT2D eigenvalue weighted by Crippen LogP contribution is -2.43. The van der Waals surface area contributed by atoms with Crippen LogP contribution in [0.5, 0.6) is 0 Å². The predicted octanol–water partition coefficient (Wildman–Crippen LogP) is 19.7. The fraction of sp³-hybridized carbons (Fsp3) is 0.417. The van der Waals surface area contributed by atoms with E-state index in [1.807, 2.05) is 0 Å². The summed E-state index contributed by atoms with van der Waals surface area (Å²) in [5.74, 6) is 36.5. The fourth-order valence-electron chi connectivity index (χ4n) is 11.6. The minimum atomic E-state index is -1.81. The highest BCUT2D eigenvalue weighted by Gasteiger charge is 2.42. The lowest BCUT2D eigenvalue weighted by molar-refractivity contribution is 0.838. The largest absolute Gasteiger partial charge is 0.146 e. The Bertz CT molecular complexity index is 2860. The Morgan fingerprint density at radius 2 is 0.527 bits per heavy atom. The predicted molar refractivity (Wildman–Crippen MR) is 331 cm³/mol. The molecule has 0 radical (unpaired) electrons. The lowest BCUT2D eigenvalue weighted by atomic mass is 9.91. The van der Waals surface area contributed by atoms with E-state index in [-0.39, 0.29) is 0 Å². The molecule has 0 aliphatic carbocycles. The van der Waals surface area contributed by atoms with Gasteiger partial charge < -0.3 is 0 Å². The van der Waals surface area contributed by atoms with Crippen LogP contribution in [0.3, 0.4) is 0 Å². The minimum absolute atomic E-state index is 0.604. The molecule has 0 heterocycles. The summed E-state index contributed by atoms with van der Waals surface area (Å²) in [6, 6.07) is 34.4. The van der Waals surface area contributed by atoms with Crippen molar-refractivity contribution in [1.82, 2.24) is 0 Å². The monoisotopic (exact) mass is 1010 g/mol. The molecule has 74 heavy (non-hydrogen) atoms. The van der Waals surface area contributed by atoms with Crippen LogP contribution >= 0.6 is 0 Å². The molecule has 5 aromatic carbocycles. The minimum Gasteiger partial charge on any atom is -0.125 e. The summed E-state index contributed by atoms with van der Waals surface area (Å²) in [6.07, 6.45) is 7.52. The van der Waals surface area contributed by atoms with Gasteiger partial charge in [-0.15, -0.1) is 11.1 Å². The molecule has 0 nitrogen and oxygen atoms in total. The van der Waals surface area contributed by atoms with Crippen molar-refractivity contribution in [3.63, 3.8) is 0 Å². The van der Waals surface area contributed by atoms with Crippen molar-refractivity contribution < 1.29 is 0 Å². The van der Waals surface area contributed by atoms with Crippen LogP contribution in [0, 0.1) is 70.3 Å². The zero-order valence-corrected chi connectivity index (χ0v) is 50.4. The first-order valence-corrected chi connectivity index (χ1v) is 32.7. The molecule has 0 spiro atoms. The van der Waals surface area contributed by atoms with Crippen molar-refractivity contribution >= 4 is 37.7 Å². The van der Waals surface area contributed by atoms with Gasteiger partial charge in [-0.05, 0) is 129 Å². The fourth-order valence-corrected chi connectivity index (χ4v) is 22.1. The molecule has 5 aromatic rings. The number of rotatable bonds is 14. The second-order valence-electron chi connectivity index (χ2n) is 22.2. The summed E-state index contributed by atoms with van der Waals surface area (Å²) in [4.78, 5) is 0. The SMILES string of the molecule is CCCC(C#Cc1ccc(C#C[Si](C(C)C)(C(C)C)C(C)C)cc1)=C(C#Cc1c2ccccc2c(C#CC(CCC)=C(C#Cc2ccc(C#C[Si](C(C)C)(C(C)C)C(C)C)cc2)CCC)c2ccccc12)CCC. The topological polar surface area (TPSA) is 0 Å². The van der Waals surface area contributed by atoms with Gasteiger partial charge >= 0.3 is 0 Å². The van der Waals surface area contributed by atoms with Gasteiger partial charge in [0.2, 0.25) is 0 Å². The Morgan fingerprint density at radius 3 is 0.743 bits per heavy atom. The van der Waals surface area contributed by atoms with Crippen molar-refractivity contribution in [2.45, 2.75) is 195 Å². The van der Waals surface area contributed by atoms with E-state index in [4.69, 9.17) is 0 Å². The van der Waals surface area contributed by atoms with E-state index >= 15 is 0 Å². The first kappa shape index (κ1) is 58.8. The van der Waals surface area contributed by atoms with Crippen molar-refractivity contribution in [2.24, 2.45) is 0 Å². The summed E-state index contributed by atoms with van der Waals surface area (Å²) >= 11 is 0. The van der Waals surface area contributed by atoms with Crippen LogP contribution < -0.4 is 0 Å². The third-order valence-corrected chi connectivity index (χ3v) is 28.0. The quantitative estimate of drug-likeness (QED) is 0.0591. The molecule has 0 N–H and O–H groups in total. The van der Waals surface area contributed by atoms with E-state index in [2.05, 4.69) is 278 Å². The number of allylic oxidation sites excluding steroid dienone is 4. The van der Waals surface area contributed by atoms with Crippen LogP contribution in [0.1, 0.15) is 196 Å². The summed E-state index contributed by atoms with van der Waals surface area (Å²) in [7, 11) is -3.63. The molecule has 0 bridgehead atoms. The van der Waals surface area contributed by atoms with E-state index in [1.54, 1.807) is 0 Å². The summed E-state index contributed by atoms with van der Waals surface area (Å²) in [5, 5.41) is 4.48. The molecule has 0 fully saturated rings. The molecule has 2 heteroatoms. The van der Waals surface area contributed by atoms with Gasteiger partial charge in [-0.2, -0.15) is 0 Å². The normalized spacial score (nSPS) is 12.2. The molecule has 0 aliphatic rings. The molecule has 0 aliphatic heterocycles. The van der Waals surface area contributed by atoms with Crippen LogP contribution in [0.4, 0.5) is 0 Å². The van der Waals surface area contributed by atoms with E-state index in [0.717, 1.165) is 129 Å². The van der Waals surface area contributed by atoms with E-state index < -0.39 is 16.1 Å². The maximum Gasteiger partial charge on any atom is 0.146 e. The van der Waals surface area contributed by atoms with E-state index in [9.17, 15) is 0 Å². The Hall–Kier alpha value is -6.11. The smallest absolute Gasteiger partial charge is 0.125 e. The molecular formula is C72H86Si2. The van der Waals surface area contributed by atoms with Gasteiger partial charge in [0.1, 0.15) is 16.1 Å². The zero-order chi connectivity index (χ0) is 54.0. The molecule has 0 aromatic heterocycles. The highest BCUT2D eigenvalue weighted by atomic mass is 28.3. The molecule has 0 amide bonds. The molecular weight excluding hydrogens is 921 g/mol. The first-order chi connectivity index (χ1) is 35.5. The number of hydrogen-bond donors (Lipinski definition) is 0. The molecule has 0 atom stereocenters. The van der Waals surface area contributed by atoms with Crippen LogP contribution in [0.25, 0.3) is 21.5 Å². The number of fused-ring (bicyclic) bond motifs is 2. The maximum atomic E-state index is 3.88. The molecule has 382 valence electrons. The van der Waals surface area contributed by atoms with Crippen molar-refractivity contribution in [3.05, 3.63) is 153 Å². The molecule has 0 unspecified atom stereocenters. The third kappa shape index (κ3) is 14.2. The highest BCUT2D eigenvalue weighted by molar-refractivity contribution is 6.91. The van der Waals surface area contributed by atoms with Crippen molar-refractivity contribution in [3.8, 4) is 70.3 Å². The second kappa shape index (κ2) is 28.0. The standard InChI is InChI=1S/C72H86Si2/c1-17-25-63(43-41-59-33-37-61(38-34-59)49-51-73(53(5)6,54(7)8)55(9)10)65(27-19-3)45-47-71-67-29-21-23-31-69(67)72(70-32-24-22-30-68(70)71)48-46-66(28-20-4)64(26-18-2)44-42-60-35-39-62(40-36-60)50-52-74(56(11)12,57(13)14)58(15)16/h21-24,29-40,53-58H,17-20,25-28H2,1-16H3. The average molecular weight is 1010 g/mol. The number of benzene rings is 5. The van der Waals surface area contributed by atoms with Gasteiger partial charge in [0.15, 0.2) is 0 Å². The van der Waals surface area contributed by atoms with Crippen LogP contribution in [-0.4, -0.2) is 16.1 Å². The van der Waals surface area contributed by atoms with Crippen molar-refractivity contribution in [2.75, 3.05) is 0 Å². The summed E-state index contributed by atoms with van der Waals surface area (Å²) in [6.45, 7) is 37.3. The molecule has 5 rings (SSSR count). The first-order valence-electron chi connectivity index (χ1n) is 28.2. The Morgan fingerprint density at radius 1 is 0.311 bits per heavy atom. The second-order valence-corrected chi connectivity index (χ2v) is 33.4. The van der Waals surface area contributed by atoms with Gasteiger partial charge in [0.25, 0.3) is 0 Å². The van der Waals surface area contributed by atoms with Gasteiger partial charge in [0.05, 0.1) is 0 Å². The van der Waals surface area contributed by atoms with Gasteiger partial charge in [-0.1, -0.05) is 244 Å². The Kier molecular flexibility index (Phi) is 22.2. The van der Waals surface area contributed by atoms with Crippen LogP contribution in [0.15, 0.2) is 119 Å². The van der Waals surface area contributed by atoms with Crippen molar-refractivity contribution in [1.29, 1.82) is 0 Å². The summed E-state index contributed by atoms with van der Waals surface area (Å²) in [5.41, 5.74) is 22.1. The van der Waals surface area contributed by atoms with Gasteiger partial charge in [-0.25, -0.2) is 0 Å². The Labute approximate surface area is 453 Å². The Balaban J connectivity index is 1.56.